The number of nitrogens with zero attached hydrogens (tertiary/aromatic N) is 1. The van der Waals surface area contributed by atoms with Crippen LogP contribution in [0.2, 0.25) is 0 Å². The van der Waals surface area contributed by atoms with E-state index in [-0.39, 0.29) is 27.6 Å². The van der Waals surface area contributed by atoms with Crippen molar-refractivity contribution in [3.63, 3.8) is 0 Å². The van der Waals surface area contributed by atoms with Crippen molar-refractivity contribution in [2.45, 2.75) is 18.7 Å². The van der Waals surface area contributed by atoms with E-state index >= 15 is 0 Å². The minimum Gasteiger partial charge on any atom is -0.454 e. The molecule has 0 fully saturated rings. The second-order valence-electron chi connectivity index (χ2n) is 7.16. The highest BCUT2D eigenvalue weighted by molar-refractivity contribution is 7.92. The van der Waals surface area contributed by atoms with Crippen LogP contribution in [-0.4, -0.2) is 21.4 Å². The van der Waals surface area contributed by atoms with Crippen molar-refractivity contribution in [3.8, 4) is 11.5 Å². The van der Waals surface area contributed by atoms with Gasteiger partial charge in [-0.3, -0.25) is 9.52 Å². The number of carbonyl (C=O) groups excluding carboxylic acids is 1. The summed E-state index contributed by atoms with van der Waals surface area (Å²) >= 11 is 0. The Balaban J connectivity index is 1.71. The summed E-state index contributed by atoms with van der Waals surface area (Å²) < 4.78 is 47.3. The molecule has 1 aliphatic heterocycles. The Hall–Kier alpha value is -3.39. The second-order valence-corrected chi connectivity index (χ2v) is 8.81. The number of anilines is 2. The summed E-state index contributed by atoms with van der Waals surface area (Å²) in [7, 11) is -2.33. The molecule has 0 saturated carbocycles. The van der Waals surface area contributed by atoms with Crippen molar-refractivity contribution in [2.24, 2.45) is 0 Å². The number of rotatable bonds is 3. The SMILES string of the molecule is Cc1ccc2c(c1)N(C)C(=O)c1cc(NS(=O)(=O)c3ccc(F)cc3C)ccc1O2. The molecule has 0 unspecified atom stereocenters. The van der Waals surface area contributed by atoms with Gasteiger partial charge >= 0.3 is 0 Å². The van der Waals surface area contributed by atoms with Crippen LogP contribution in [0.4, 0.5) is 15.8 Å². The van der Waals surface area contributed by atoms with Crippen molar-refractivity contribution in [1.29, 1.82) is 0 Å². The maximum atomic E-state index is 13.3. The second kappa shape index (κ2) is 7.14. The van der Waals surface area contributed by atoms with E-state index in [9.17, 15) is 17.6 Å². The molecule has 0 saturated heterocycles. The van der Waals surface area contributed by atoms with E-state index in [4.69, 9.17) is 4.74 Å². The van der Waals surface area contributed by atoms with E-state index in [2.05, 4.69) is 4.72 Å². The van der Waals surface area contributed by atoms with Gasteiger partial charge in [-0.2, -0.15) is 0 Å². The highest BCUT2D eigenvalue weighted by atomic mass is 32.2. The molecule has 0 spiro atoms. The van der Waals surface area contributed by atoms with Gasteiger partial charge < -0.3 is 9.64 Å². The number of amides is 1. The van der Waals surface area contributed by atoms with Crippen LogP contribution < -0.4 is 14.4 Å². The fraction of sp³-hybridized carbons (Fsp3) is 0.136. The number of fused-ring (bicyclic) bond motifs is 2. The van der Waals surface area contributed by atoms with Crippen LogP contribution >= 0.6 is 0 Å². The predicted octanol–water partition coefficient (Wildman–Crippen LogP) is 4.63. The van der Waals surface area contributed by atoms with Gasteiger partial charge in [-0.25, -0.2) is 12.8 Å². The molecule has 4 rings (SSSR count). The third kappa shape index (κ3) is 3.50. The van der Waals surface area contributed by atoms with Crippen molar-refractivity contribution < 1.29 is 22.3 Å². The van der Waals surface area contributed by atoms with Crippen LogP contribution in [0.5, 0.6) is 11.5 Å². The highest BCUT2D eigenvalue weighted by Crippen LogP contribution is 2.39. The summed E-state index contributed by atoms with van der Waals surface area (Å²) in [4.78, 5) is 14.4. The van der Waals surface area contributed by atoms with E-state index in [0.29, 0.717) is 17.2 Å². The maximum absolute atomic E-state index is 13.3. The summed E-state index contributed by atoms with van der Waals surface area (Å²) in [5.74, 6) is 0.0197. The Morgan fingerprint density at radius 2 is 1.70 bits per heavy atom. The number of ether oxygens (including phenoxy) is 1. The molecule has 8 heteroatoms. The maximum Gasteiger partial charge on any atom is 0.262 e. The quantitative estimate of drug-likeness (QED) is 0.663. The molecule has 0 bridgehead atoms. The molecule has 0 aromatic heterocycles. The number of carbonyl (C=O) groups is 1. The molecule has 1 aliphatic rings. The summed E-state index contributed by atoms with van der Waals surface area (Å²) in [6.07, 6.45) is 0. The molecular weight excluding hydrogens is 407 g/mol. The average molecular weight is 426 g/mol. The van der Waals surface area contributed by atoms with Gasteiger partial charge in [0, 0.05) is 12.7 Å². The highest BCUT2D eigenvalue weighted by Gasteiger charge is 2.27. The Kier molecular flexibility index (Phi) is 4.74. The van der Waals surface area contributed by atoms with Crippen molar-refractivity contribution >= 4 is 27.3 Å². The molecule has 1 N–H and O–H groups in total. The molecule has 1 amide bonds. The molecule has 3 aromatic carbocycles. The Morgan fingerprint density at radius 3 is 2.43 bits per heavy atom. The Morgan fingerprint density at radius 1 is 0.967 bits per heavy atom. The fourth-order valence-corrected chi connectivity index (χ4v) is 4.64. The number of aryl methyl sites for hydroxylation is 2. The van der Waals surface area contributed by atoms with Gasteiger partial charge in [-0.15, -0.1) is 0 Å². The van der Waals surface area contributed by atoms with Gasteiger partial charge in [0.15, 0.2) is 5.75 Å². The lowest BCUT2D eigenvalue weighted by molar-refractivity contribution is 0.0993. The average Bonchev–Trinajstić information content (AvgIpc) is 2.77. The topological polar surface area (TPSA) is 75.7 Å². The first kappa shape index (κ1) is 19.9. The normalized spacial score (nSPS) is 13.2. The molecule has 30 heavy (non-hydrogen) atoms. The minimum absolute atomic E-state index is 0.0404. The first-order valence-corrected chi connectivity index (χ1v) is 10.6. The molecule has 1 heterocycles. The summed E-state index contributed by atoms with van der Waals surface area (Å²) in [5, 5.41) is 0. The minimum atomic E-state index is -3.97. The fourth-order valence-electron chi connectivity index (χ4n) is 3.36. The zero-order valence-corrected chi connectivity index (χ0v) is 17.4. The van der Waals surface area contributed by atoms with Crippen LogP contribution in [0.1, 0.15) is 21.5 Å². The van der Waals surface area contributed by atoms with E-state index in [0.717, 1.165) is 17.7 Å². The van der Waals surface area contributed by atoms with Gasteiger partial charge in [-0.1, -0.05) is 6.07 Å². The monoisotopic (exact) mass is 426 g/mol. The molecular formula is C22H19FN2O4S. The molecule has 3 aromatic rings. The van der Waals surface area contributed by atoms with Crippen LogP contribution in [0.25, 0.3) is 0 Å². The molecule has 0 aliphatic carbocycles. The molecule has 6 nitrogen and oxygen atoms in total. The lowest BCUT2D eigenvalue weighted by Crippen LogP contribution is -2.25. The van der Waals surface area contributed by atoms with Gasteiger partial charge in [0.05, 0.1) is 16.1 Å². The number of benzene rings is 3. The number of hydrogen-bond donors (Lipinski definition) is 1. The summed E-state index contributed by atoms with van der Waals surface area (Å²) in [6, 6.07) is 13.5. The zero-order valence-electron chi connectivity index (χ0n) is 16.6. The van der Waals surface area contributed by atoms with Crippen molar-refractivity contribution in [2.75, 3.05) is 16.7 Å². The smallest absolute Gasteiger partial charge is 0.262 e. The number of sulfonamides is 1. The third-order valence-corrected chi connectivity index (χ3v) is 6.43. The van der Waals surface area contributed by atoms with Crippen molar-refractivity contribution in [1.82, 2.24) is 0 Å². The standard InChI is InChI=1S/C22H19FN2O4S/c1-13-4-7-20-18(10-13)25(3)22(26)17-12-16(6-8-19(17)29-20)24-30(27,28)21-9-5-15(23)11-14(21)2/h4-12,24H,1-3H3. The van der Waals surface area contributed by atoms with Gasteiger partial charge in [0.25, 0.3) is 15.9 Å². The van der Waals surface area contributed by atoms with Gasteiger partial charge in [-0.05, 0) is 73.5 Å². The number of hydrogen-bond acceptors (Lipinski definition) is 4. The Bertz CT molecular complexity index is 1290. The predicted molar refractivity (Wildman–Crippen MR) is 112 cm³/mol. The van der Waals surface area contributed by atoms with Crippen LogP contribution in [-0.2, 0) is 10.0 Å². The summed E-state index contributed by atoms with van der Waals surface area (Å²) in [6.45, 7) is 3.43. The van der Waals surface area contributed by atoms with Crippen molar-refractivity contribution in [3.05, 3.63) is 77.1 Å². The van der Waals surface area contributed by atoms with Crippen LogP contribution in [0, 0.1) is 19.7 Å². The number of halogens is 1. The van der Waals surface area contributed by atoms with E-state index in [1.807, 2.05) is 19.1 Å². The number of nitrogens with one attached hydrogen (secondary N) is 1. The molecule has 0 radical (unpaired) electrons. The van der Waals surface area contributed by atoms with Crippen LogP contribution in [0.15, 0.2) is 59.5 Å². The van der Waals surface area contributed by atoms with Crippen LogP contribution in [0.3, 0.4) is 0 Å². The largest absolute Gasteiger partial charge is 0.454 e. The van der Waals surface area contributed by atoms with Gasteiger partial charge in [0.2, 0.25) is 0 Å². The lowest BCUT2D eigenvalue weighted by Gasteiger charge is -2.17. The molecule has 0 atom stereocenters. The summed E-state index contributed by atoms with van der Waals surface area (Å²) in [5.41, 5.74) is 2.31. The first-order chi connectivity index (χ1) is 14.2. The third-order valence-electron chi connectivity index (χ3n) is 4.89. The van der Waals surface area contributed by atoms with E-state index < -0.39 is 15.8 Å². The first-order valence-electron chi connectivity index (χ1n) is 9.15. The van der Waals surface area contributed by atoms with E-state index in [1.165, 1.54) is 30.0 Å². The van der Waals surface area contributed by atoms with Gasteiger partial charge in [0.1, 0.15) is 11.6 Å². The molecule has 154 valence electrons. The Labute approximate surface area is 174 Å². The zero-order chi connectivity index (χ0) is 21.6. The van der Waals surface area contributed by atoms with E-state index in [1.54, 1.807) is 19.2 Å². The lowest BCUT2D eigenvalue weighted by atomic mass is 10.1.